The Kier molecular flexibility index (Phi) is 5.61. The van der Waals surface area contributed by atoms with Crippen molar-refractivity contribution in [1.82, 2.24) is 4.90 Å². The van der Waals surface area contributed by atoms with Crippen LogP contribution in [0.25, 0.3) is 0 Å². The largest absolute Gasteiger partial charge is 0.457 e. The van der Waals surface area contributed by atoms with E-state index in [4.69, 9.17) is 9.47 Å². The lowest BCUT2D eigenvalue weighted by molar-refractivity contribution is -0.384. The monoisotopic (exact) mass is 350 g/mol. The molecule has 1 fully saturated rings. The number of benzene rings is 1. The Balaban J connectivity index is 1.94. The average Bonchev–Trinajstić information content (AvgIpc) is 2.53. The smallest absolute Gasteiger partial charge is 0.410 e. The van der Waals surface area contributed by atoms with Gasteiger partial charge in [-0.25, -0.2) is 9.59 Å². The van der Waals surface area contributed by atoms with Gasteiger partial charge in [0, 0.05) is 18.7 Å². The number of nitro groups is 1. The van der Waals surface area contributed by atoms with Crippen LogP contribution in [0.2, 0.25) is 0 Å². The molecule has 0 N–H and O–H groups in total. The summed E-state index contributed by atoms with van der Waals surface area (Å²) >= 11 is 0. The predicted molar refractivity (Wildman–Crippen MR) is 89.3 cm³/mol. The van der Waals surface area contributed by atoms with Crippen LogP contribution >= 0.6 is 0 Å². The highest BCUT2D eigenvalue weighted by Gasteiger charge is 2.29. The van der Waals surface area contributed by atoms with Gasteiger partial charge in [-0.3, -0.25) is 10.1 Å². The van der Waals surface area contributed by atoms with Crippen molar-refractivity contribution in [2.75, 3.05) is 13.1 Å². The number of ether oxygens (including phenoxy) is 2. The first-order valence-electron chi connectivity index (χ1n) is 8.09. The molecule has 0 saturated carbocycles. The molecule has 0 spiro atoms. The summed E-state index contributed by atoms with van der Waals surface area (Å²) in [7, 11) is 0. The van der Waals surface area contributed by atoms with Crippen molar-refractivity contribution in [3.05, 3.63) is 39.9 Å². The third-order valence-corrected chi connectivity index (χ3v) is 3.62. The summed E-state index contributed by atoms with van der Waals surface area (Å²) in [6.45, 7) is 6.21. The molecule has 0 aromatic heterocycles. The van der Waals surface area contributed by atoms with Crippen molar-refractivity contribution in [2.24, 2.45) is 0 Å². The van der Waals surface area contributed by atoms with E-state index < -0.39 is 28.7 Å². The van der Waals surface area contributed by atoms with E-state index in [2.05, 4.69) is 0 Å². The van der Waals surface area contributed by atoms with Crippen LogP contribution in [0, 0.1) is 10.1 Å². The van der Waals surface area contributed by atoms with Gasteiger partial charge < -0.3 is 14.4 Å². The Labute approximate surface area is 145 Å². The number of nitrogens with zero attached hydrogens (tertiary/aromatic N) is 2. The molecule has 1 unspecified atom stereocenters. The number of hydrogen-bond acceptors (Lipinski definition) is 6. The number of hydrogen-bond donors (Lipinski definition) is 0. The Morgan fingerprint density at radius 2 is 1.88 bits per heavy atom. The lowest BCUT2D eigenvalue weighted by Crippen LogP contribution is -2.45. The van der Waals surface area contributed by atoms with Crippen molar-refractivity contribution >= 4 is 17.7 Å². The molecule has 1 heterocycles. The fraction of sp³-hybridized carbons (Fsp3) is 0.529. The Morgan fingerprint density at radius 1 is 1.24 bits per heavy atom. The molecule has 0 bridgehead atoms. The summed E-state index contributed by atoms with van der Waals surface area (Å²) < 4.78 is 10.8. The quantitative estimate of drug-likeness (QED) is 0.472. The summed E-state index contributed by atoms with van der Waals surface area (Å²) in [5.74, 6) is -0.564. The summed E-state index contributed by atoms with van der Waals surface area (Å²) in [4.78, 5) is 35.9. The molecule has 136 valence electrons. The molecule has 1 aliphatic heterocycles. The van der Waals surface area contributed by atoms with Crippen LogP contribution in [-0.4, -0.2) is 46.7 Å². The maximum atomic E-state index is 12.2. The second kappa shape index (κ2) is 7.50. The Hall–Kier alpha value is -2.64. The standard InChI is InChI=1S/C17H22N2O6/c1-17(2,3)25-16(21)18-10-4-5-14(11-18)24-15(20)12-6-8-13(9-7-12)19(22)23/h6-9,14H,4-5,10-11H2,1-3H3. The van der Waals surface area contributed by atoms with Crippen LogP contribution in [0.1, 0.15) is 44.0 Å². The van der Waals surface area contributed by atoms with Crippen LogP contribution in [0.4, 0.5) is 10.5 Å². The van der Waals surface area contributed by atoms with Crippen molar-refractivity contribution in [2.45, 2.75) is 45.3 Å². The number of carbonyl (C=O) groups is 2. The molecule has 1 amide bonds. The molecule has 0 aliphatic carbocycles. The average molecular weight is 350 g/mol. The van der Waals surface area contributed by atoms with E-state index in [-0.39, 0.29) is 17.8 Å². The number of rotatable bonds is 3. The minimum absolute atomic E-state index is 0.0923. The summed E-state index contributed by atoms with van der Waals surface area (Å²) in [6, 6.07) is 5.22. The fourth-order valence-corrected chi connectivity index (χ4v) is 2.47. The van der Waals surface area contributed by atoms with Crippen molar-refractivity contribution in [1.29, 1.82) is 0 Å². The van der Waals surface area contributed by atoms with Crippen LogP contribution in [0.5, 0.6) is 0 Å². The third-order valence-electron chi connectivity index (χ3n) is 3.62. The maximum Gasteiger partial charge on any atom is 0.410 e. The van der Waals surface area contributed by atoms with E-state index in [1.165, 1.54) is 29.2 Å². The second-order valence-corrected chi connectivity index (χ2v) is 6.90. The molecular weight excluding hydrogens is 328 g/mol. The summed E-state index contributed by atoms with van der Waals surface area (Å²) in [6.07, 6.45) is 0.502. The highest BCUT2D eigenvalue weighted by molar-refractivity contribution is 5.89. The van der Waals surface area contributed by atoms with E-state index in [1.807, 2.05) is 0 Å². The number of piperidine rings is 1. The molecule has 25 heavy (non-hydrogen) atoms. The van der Waals surface area contributed by atoms with Crippen LogP contribution in [0.15, 0.2) is 24.3 Å². The summed E-state index contributed by atoms with van der Waals surface area (Å²) in [5, 5.41) is 10.6. The second-order valence-electron chi connectivity index (χ2n) is 6.90. The van der Waals surface area contributed by atoms with Gasteiger partial charge >= 0.3 is 12.1 Å². The predicted octanol–water partition coefficient (Wildman–Crippen LogP) is 3.15. The number of nitro benzene ring substituents is 1. The van der Waals surface area contributed by atoms with Crippen LogP contribution in [-0.2, 0) is 9.47 Å². The molecule has 1 atom stereocenters. The van der Waals surface area contributed by atoms with Gasteiger partial charge in [-0.2, -0.15) is 0 Å². The first-order valence-corrected chi connectivity index (χ1v) is 8.09. The zero-order valence-electron chi connectivity index (χ0n) is 14.6. The van der Waals surface area contributed by atoms with Crippen molar-refractivity contribution in [3.63, 3.8) is 0 Å². The van der Waals surface area contributed by atoms with E-state index >= 15 is 0 Å². The maximum absolute atomic E-state index is 12.2. The number of esters is 1. The third kappa shape index (κ3) is 5.44. The van der Waals surface area contributed by atoms with Gasteiger partial charge in [0.15, 0.2) is 0 Å². The number of amides is 1. The highest BCUT2D eigenvalue weighted by atomic mass is 16.6. The minimum atomic E-state index is -0.584. The van der Waals surface area contributed by atoms with Gasteiger partial charge in [0.25, 0.3) is 5.69 Å². The van der Waals surface area contributed by atoms with Gasteiger partial charge in [0.1, 0.15) is 11.7 Å². The number of carbonyl (C=O) groups excluding carboxylic acids is 2. The lowest BCUT2D eigenvalue weighted by atomic mass is 10.1. The van der Waals surface area contributed by atoms with Gasteiger partial charge in [0.2, 0.25) is 0 Å². The van der Waals surface area contributed by atoms with Crippen molar-refractivity contribution in [3.8, 4) is 0 Å². The first kappa shape index (κ1) is 18.7. The number of likely N-dealkylation sites (tertiary alicyclic amines) is 1. The highest BCUT2D eigenvalue weighted by Crippen LogP contribution is 2.19. The fourth-order valence-electron chi connectivity index (χ4n) is 2.47. The minimum Gasteiger partial charge on any atom is -0.457 e. The van der Waals surface area contributed by atoms with Gasteiger partial charge in [0.05, 0.1) is 17.0 Å². The molecule has 1 aromatic rings. The molecule has 1 aliphatic rings. The van der Waals surface area contributed by atoms with E-state index in [9.17, 15) is 19.7 Å². The molecule has 1 saturated heterocycles. The van der Waals surface area contributed by atoms with Crippen LogP contribution in [0.3, 0.4) is 0 Å². The van der Waals surface area contributed by atoms with Crippen molar-refractivity contribution < 1.29 is 24.0 Å². The topological polar surface area (TPSA) is 99.0 Å². The summed E-state index contributed by atoms with van der Waals surface area (Å²) in [5.41, 5.74) is -0.440. The van der Waals surface area contributed by atoms with Gasteiger partial charge in [-0.15, -0.1) is 0 Å². The van der Waals surface area contributed by atoms with Gasteiger partial charge in [-0.05, 0) is 45.7 Å². The molecule has 8 nitrogen and oxygen atoms in total. The molecule has 8 heteroatoms. The van der Waals surface area contributed by atoms with E-state index in [1.54, 1.807) is 20.8 Å². The molecule has 0 radical (unpaired) electrons. The first-order chi connectivity index (χ1) is 11.7. The van der Waals surface area contributed by atoms with E-state index in [0.29, 0.717) is 19.4 Å². The Morgan fingerprint density at radius 3 is 2.44 bits per heavy atom. The lowest BCUT2D eigenvalue weighted by Gasteiger charge is -2.33. The van der Waals surface area contributed by atoms with Crippen LogP contribution < -0.4 is 0 Å². The zero-order chi connectivity index (χ0) is 18.6. The number of non-ortho nitro benzene ring substituents is 1. The SMILES string of the molecule is CC(C)(C)OC(=O)N1CCCC(OC(=O)c2ccc([N+](=O)[O-])cc2)C1. The normalized spacial score (nSPS) is 17.7. The molecule has 2 rings (SSSR count). The van der Waals surface area contributed by atoms with E-state index in [0.717, 1.165) is 0 Å². The zero-order valence-corrected chi connectivity index (χ0v) is 14.6. The van der Waals surface area contributed by atoms with Gasteiger partial charge in [-0.1, -0.05) is 0 Å². The molecular formula is C17H22N2O6. The Bertz CT molecular complexity index is 650. The molecule has 1 aromatic carbocycles.